The second kappa shape index (κ2) is 8.36. The van der Waals surface area contributed by atoms with E-state index in [9.17, 15) is 5.11 Å². The number of hydrogen-bond donors (Lipinski definition) is 3. The maximum atomic E-state index is 10.8. The van der Waals surface area contributed by atoms with Crippen molar-refractivity contribution in [2.45, 2.75) is 70.7 Å². The minimum absolute atomic E-state index is 0.0624. The van der Waals surface area contributed by atoms with Crippen LogP contribution in [0.25, 0.3) is 22.5 Å². The van der Waals surface area contributed by atoms with E-state index in [-0.39, 0.29) is 16.8 Å². The Bertz CT molecular complexity index is 1170. The molecule has 0 radical (unpaired) electrons. The predicted octanol–water partition coefficient (Wildman–Crippen LogP) is 3.56. The Morgan fingerprint density at radius 1 is 1.06 bits per heavy atom. The molecule has 180 valence electrons. The van der Waals surface area contributed by atoms with E-state index in [4.69, 9.17) is 0 Å². The first-order valence-corrected chi connectivity index (χ1v) is 12.1. The van der Waals surface area contributed by atoms with Crippen molar-refractivity contribution < 1.29 is 5.11 Å². The number of benzene rings is 1. The second-order valence-corrected chi connectivity index (χ2v) is 11.0. The molecule has 0 spiro atoms. The van der Waals surface area contributed by atoms with Crippen LogP contribution in [0, 0.1) is 0 Å². The van der Waals surface area contributed by atoms with Gasteiger partial charge in [-0.05, 0) is 64.8 Å². The highest BCUT2D eigenvalue weighted by Crippen LogP contribution is 2.35. The van der Waals surface area contributed by atoms with Crippen LogP contribution < -0.4 is 15.5 Å². The summed E-state index contributed by atoms with van der Waals surface area (Å²) >= 11 is 0. The van der Waals surface area contributed by atoms with E-state index in [2.05, 4.69) is 70.0 Å². The quantitative estimate of drug-likeness (QED) is 0.547. The van der Waals surface area contributed by atoms with Gasteiger partial charge >= 0.3 is 0 Å². The molecule has 2 aromatic heterocycles. The summed E-state index contributed by atoms with van der Waals surface area (Å²) in [6, 6.07) is 10.0. The Kier molecular flexibility index (Phi) is 5.61. The Hall–Kier alpha value is -2.97. The first kappa shape index (κ1) is 22.8. The fraction of sp³-hybridized carbons (Fsp3) is 0.500. The van der Waals surface area contributed by atoms with Crippen molar-refractivity contribution in [2.24, 2.45) is 0 Å². The van der Waals surface area contributed by atoms with Gasteiger partial charge in [0.25, 0.3) is 0 Å². The molecule has 0 amide bonds. The second-order valence-electron chi connectivity index (χ2n) is 11.0. The molecule has 8 heteroatoms. The van der Waals surface area contributed by atoms with Crippen LogP contribution in [0.1, 0.15) is 46.4 Å². The lowest BCUT2D eigenvalue weighted by atomic mass is 9.79. The Balaban J connectivity index is 1.36. The topological polar surface area (TPSA) is 91.1 Å². The van der Waals surface area contributed by atoms with Crippen LogP contribution in [0.4, 0.5) is 5.82 Å². The van der Waals surface area contributed by atoms with Gasteiger partial charge in [0.05, 0.1) is 24.1 Å². The van der Waals surface area contributed by atoms with Crippen molar-refractivity contribution in [3.63, 3.8) is 0 Å². The van der Waals surface area contributed by atoms with E-state index in [0.717, 1.165) is 55.4 Å². The molecular formula is C26H35N7O. The van der Waals surface area contributed by atoms with Crippen molar-refractivity contribution in [1.29, 1.82) is 0 Å². The number of phenolic OH excluding ortho intramolecular Hbond substituents is 1. The van der Waals surface area contributed by atoms with E-state index >= 15 is 0 Å². The Morgan fingerprint density at radius 2 is 1.82 bits per heavy atom. The third kappa shape index (κ3) is 4.40. The lowest BCUT2D eigenvalue weighted by Gasteiger charge is -2.49. The van der Waals surface area contributed by atoms with Crippen molar-refractivity contribution in [1.82, 2.24) is 30.4 Å². The molecule has 8 nitrogen and oxygen atoms in total. The molecule has 2 aliphatic rings. The summed E-state index contributed by atoms with van der Waals surface area (Å²) < 4.78 is 2.21. The first-order valence-electron chi connectivity index (χ1n) is 12.1. The molecule has 34 heavy (non-hydrogen) atoms. The third-order valence-electron chi connectivity index (χ3n) is 7.03. The molecule has 3 aromatic rings. The molecule has 0 aliphatic carbocycles. The summed E-state index contributed by atoms with van der Waals surface area (Å²) in [5.41, 5.74) is 3.43. The molecule has 2 aliphatic heterocycles. The van der Waals surface area contributed by atoms with Crippen LogP contribution in [0.5, 0.6) is 5.75 Å². The van der Waals surface area contributed by atoms with Gasteiger partial charge in [-0.15, -0.1) is 10.2 Å². The van der Waals surface area contributed by atoms with Crippen LogP contribution in [0.15, 0.2) is 36.5 Å². The summed E-state index contributed by atoms with van der Waals surface area (Å²) in [5, 5.41) is 26.9. The van der Waals surface area contributed by atoms with Crippen LogP contribution in [0.2, 0.25) is 0 Å². The molecule has 4 heterocycles. The molecule has 3 N–H and O–H groups in total. The molecule has 0 saturated carbocycles. The largest absolute Gasteiger partial charge is 0.507 e. The predicted molar refractivity (Wildman–Crippen MR) is 135 cm³/mol. The zero-order valence-electron chi connectivity index (χ0n) is 20.8. The summed E-state index contributed by atoms with van der Waals surface area (Å²) in [6.07, 6.45) is 3.95. The van der Waals surface area contributed by atoms with E-state index < -0.39 is 0 Å². The number of phenols is 1. The number of imidazole rings is 1. The number of nitrogens with zero attached hydrogens (tertiary/aromatic N) is 5. The van der Waals surface area contributed by atoms with E-state index in [1.54, 1.807) is 6.07 Å². The van der Waals surface area contributed by atoms with Gasteiger partial charge in [-0.1, -0.05) is 6.07 Å². The molecule has 1 saturated heterocycles. The smallest absolute Gasteiger partial charge is 0.151 e. The number of rotatable bonds is 4. The number of aromatic nitrogens is 4. The summed E-state index contributed by atoms with van der Waals surface area (Å²) in [5.74, 6) is 2.06. The summed E-state index contributed by atoms with van der Waals surface area (Å²) in [7, 11) is 2.10. The molecule has 0 atom stereocenters. The van der Waals surface area contributed by atoms with Crippen molar-refractivity contribution in [2.75, 3.05) is 18.5 Å². The number of nitrogens with one attached hydrogen (secondary N) is 2. The van der Waals surface area contributed by atoms with Crippen LogP contribution in [0.3, 0.4) is 0 Å². The van der Waals surface area contributed by atoms with Crippen LogP contribution in [-0.4, -0.2) is 55.6 Å². The van der Waals surface area contributed by atoms with Gasteiger partial charge in [-0.3, -0.25) is 0 Å². The lowest BCUT2D eigenvalue weighted by molar-refractivity contribution is 0.160. The summed E-state index contributed by atoms with van der Waals surface area (Å²) in [4.78, 5) is 6.75. The highest BCUT2D eigenvalue weighted by molar-refractivity contribution is 5.73. The van der Waals surface area contributed by atoms with Gasteiger partial charge in [-0.2, -0.15) is 0 Å². The van der Waals surface area contributed by atoms with Gasteiger partial charge in [0.2, 0.25) is 0 Å². The highest BCUT2D eigenvalue weighted by Gasteiger charge is 2.39. The van der Waals surface area contributed by atoms with Crippen LogP contribution >= 0.6 is 0 Å². The van der Waals surface area contributed by atoms with Gasteiger partial charge in [0, 0.05) is 48.4 Å². The number of aromatic hydroxyl groups is 1. The zero-order valence-corrected chi connectivity index (χ0v) is 20.8. The van der Waals surface area contributed by atoms with Gasteiger partial charge in [0.15, 0.2) is 5.82 Å². The Labute approximate surface area is 201 Å². The molecule has 1 fully saturated rings. The van der Waals surface area contributed by atoms with Crippen molar-refractivity contribution in [3.05, 3.63) is 42.4 Å². The number of piperidine rings is 1. The van der Waals surface area contributed by atoms with E-state index in [1.165, 1.54) is 0 Å². The number of hydrogen-bond acceptors (Lipinski definition) is 7. The molecule has 0 unspecified atom stereocenters. The monoisotopic (exact) mass is 461 g/mol. The average Bonchev–Trinajstić information content (AvgIpc) is 3.21. The SMILES string of the molecule is CN(c1ccc(-c2ccc(-c3cnc4n3CCNC4)cc2O)nn1)C1CC(C)(C)NC(C)(C)C1. The zero-order chi connectivity index (χ0) is 24.1. The molecule has 5 rings (SSSR count). The minimum atomic E-state index is 0.0624. The summed E-state index contributed by atoms with van der Waals surface area (Å²) in [6.45, 7) is 11.6. The first-order chi connectivity index (χ1) is 16.1. The highest BCUT2D eigenvalue weighted by atomic mass is 16.3. The third-order valence-corrected chi connectivity index (χ3v) is 7.03. The Morgan fingerprint density at radius 3 is 2.50 bits per heavy atom. The number of anilines is 1. The van der Waals surface area contributed by atoms with E-state index in [0.29, 0.717) is 17.3 Å². The standard InChI is InChI=1S/C26H35N7O/c1-25(2)13-18(14-26(3,4)31-25)32(5)23-9-8-20(29-30-23)19-7-6-17(12-22(19)34)21-15-28-24-16-27-10-11-33(21)24/h6-9,12,15,18,27,31,34H,10-11,13-14,16H2,1-5H3. The minimum Gasteiger partial charge on any atom is -0.507 e. The number of fused-ring (bicyclic) bond motifs is 1. The maximum absolute atomic E-state index is 10.8. The lowest BCUT2D eigenvalue weighted by Crippen LogP contribution is -2.62. The fourth-order valence-corrected chi connectivity index (χ4v) is 5.72. The average molecular weight is 462 g/mol. The van der Waals surface area contributed by atoms with Gasteiger partial charge in [0.1, 0.15) is 11.6 Å². The molecule has 0 bridgehead atoms. The molecule has 1 aromatic carbocycles. The van der Waals surface area contributed by atoms with Gasteiger partial charge in [-0.25, -0.2) is 4.98 Å². The van der Waals surface area contributed by atoms with Crippen molar-refractivity contribution >= 4 is 5.82 Å². The maximum Gasteiger partial charge on any atom is 0.151 e. The normalized spacial score (nSPS) is 19.6. The molecular weight excluding hydrogens is 426 g/mol. The fourth-order valence-electron chi connectivity index (χ4n) is 5.72. The van der Waals surface area contributed by atoms with Crippen molar-refractivity contribution in [3.8, 4) is 28.3 Å². The van der Waals surface area contributed by atoms with E-state index in [1.807, 2.05) is 30.5 Å². The van der Waals surface area contributed by atoms with Crippen LogP contribution in [-0.2, 0) is 13.1 Å². The van der Waals surface area contributed by atoms with Gasteiger partial charge < -0.3 is 25.2 Å².